The minimum absolute atomic E-state index is 0. The number of ether oxygens (including phenoxy) is 1. The number of nitrogen functional groups attached to an aromatic ring is 1. The minimum Gasteiger partial charge on any atom is -0.487 e. The number of hydrogen-bond donors (Lipinski definition) is 3. The third-order valence-electron chi connectivity index (χ3n) is 7.17. The number of benzene rings is 3. The molecule has 5 rings (SSSR count). The molecule has 1 saturated heterocycles. The SMILES string of the molecule is Cc1ccc2cccc(OCc3c(Cl)ccc(S(=O)(=O)N4CCC[C@H]4C(=O)NCc4ccc(C(=N)N)cc4)c3Cl)c2n1.Cl.Cl. The first-order valence-corrected chi connectivity index (χ1v) is 15.4. The predicted octanol–water partition coefficient (Wildman–Crippen LogP) is 6.03. The summed E-state index contributed by atoms with van der Waals surface area (Å²) in [6, 6.07) is 18.3. The van der Waals surface area contributed by atoms with Crippen LogP contribution in [0.15, 0.2) is 71.6 Å². The van der Waals surface area contributed by atoms with E-state index in [2.05, 4.69) is 10.3 Å². The number of fused-ring (bicyclic) bond motifs is 1. The van der Waals surface area contributed by atoms with Crippen molar-refractivity contribution in [1.29, 1.82) is 5.41 Å². The van der Waals surface area contributed by atoms with Crippen molar-refractivity contribution in [3.8, 4) is 5.75 Å². The van der Waals surface area contributed by atoms with Crippen molar-refractivity contribution in [3.63, 3.8) is 0 Å². The van der Waals surface area contributed by atoms with Crippen LogP contribution in [0, 0.1) is 12.3 Å². The zero-order valence-corrected chi connectivity index (χ0v) is 27.5. The molecule has 0 saturated carbocycles. The molecule has 0 aliphatic carbocycles. The van der Waals surface area contributed by atoms with Crippen molar-refractivity contribution in [2.24, 2.45) is 5.73 Å². The number of nitrogens with two attached hydrogens (primary N) is 1. The Hall–Kier alpha value is -3.12. The van der Waals surface area contributed by atoms with Gasteiger partial charge in [-0.1, -0.05) is 65.7 Å². The van der Waals surface area contributed by atoms with Gasteiger partial charge in [0.05, 0.1) is 5.02 Å². The summed E-state index contributed by atoms with van der Waals surface area (Å²) in [5, 5.41) is 11.4. The van der Waals surface area contributed by atoms with Gasteiger partial charge in [0.2, 0.25) is 15.9 Å². The molecule has 1 aromatic heterocycles. The van der Waals surface area contributed by atoms with Crippen molar-refractivity contribution < 1.29 is 17.9 Å². The van der Waals surface area contributed by atoms with Crippen LogP contribution in [0.4, 0.5) is 0 Å². The van der Waals surface area contributed by atoms with Crippen molar-refractivity contribution >= 4 is 80.7 Å². The number of nitrogens with one attached hydrogen (secondary N) is 2. The van der Waals surface area contributed by atoms with Crippen LogP contribution in [0.2, 0.25) is 10.0 Å². The number of halogens is 4. The second kappa shape index (κ2) is 14.8. The summed E-state index contributed by atoms with van der Waals surface area (Å²) < 4.78 is 34.9. The molecule has 4 aromatic rings. The van der Waals surface area contributed by atoms with Crippen LogP contribution in [0.5, 0.6) is 5.75 Å². The monoisotopic (exact) mass is 697 g/mol. The minimum atomic E-state index is -4.15. The third kappa shape index (κ3) is 7.39. The lowest BCUT2D eigenvalue weighted by Crippen LogP contribution is -2.45. The lowest BCUT2D eigenvalue weighted by atomic mass is 10.1. The first kappa shape index (κ1) is 35.4. The first-order chi connectivity index (χ1) is 20.1. The summed E-state index contributed by atoms with van der Waals surface area (Å²) in [4.78, 5) is 17.6. The molecule has 234 valence electrons. The van der Waals surface area contributed by atoms with Crippen LogP contribution in [-0.4, -0.2) is 42.0 Å². The van der Waals surface area contributed by atoms with Gasteiger partial charge in [0, 0.05) is 40.3 Å². The van der Waals surface area contributed by atoms with E-state index in [1.165, 1.54) is 16.4 Å². The van der Waals surface area contributed by atoms with Gasteiger partial charge in [0.25, 0.3) is 0 Å². The van der Waals surface area contributed by atoms with Crippen LogP contribution in [-0.2, 0) is 28.0 Å². The Labute approximate surface area is 278 Å². The molecular weight excluding hydrogens is 668 g/mol. The van der Waals surface area contributed by atoms with Crippen molar-refractivity contribution in [1.82, 2.24) is 14.6 Å². The Balaban J connectivity index is 0.00000264. The number of para-hydroxylation sites is 1. The van der Waals surface area contributed by atoms with Crippen LogP contribution in [0.25, 0.3) is 10.9 Å². The number of amides is 1. The van der Waals surface area contributed by atoms with Gasteiger partial charge >= 0.3 is 0 Å². The number of nitrogens with zero attached hydrogens (tertiary/aromatic N) is 2. The molecule has 44 heavy (non-hydrogen) atoms. The van der Waals surface area contributed by atoms with Gasteiger partial charge in [-0.15, -0.1) is 24.8 Å². The van der Waals surface area contributed by atoms with E-state index in [9.17, 15) is 13.2 Å². The number of rotatable bonds is 9. The third-order valence-corrected chi connectivity index (χ3v) is 10.0. The molecule has 2 heterocycles. The Bertz CT molecular complexity index is 1790. The topological polar surface area (TPSA) is 138 Å². The summed E-state index contributed by atoms with van der Waals surface area (Å²) in [6.45, 7) is 2.19. The largest absolute Gasteiger partial charge is 0.487 e. The van der Waals surface area contributed by atoms with E-state index in [0.717, 1.165) is 16.6 Å². The highest BCUT2D eigenvalue weighted by atomic mass is 35.5. The van der Waals surface area contributed by atoms with E-state index in [1.54, 1.807) is 30.3 Å². The van der Waals surface area contributed by atoms with Gasteiger partial charge in [-0.25, -0.2) is 13.4 Å². The summed E-state index contributed by atoms with van der Waals surface area (Å²) >= 11 is 13.1. The average molecular weight is 699 g/mol. The summed E-state index contributed by atoms with van der Waals surface area (Å²) in [5.74, 6) is 0.0662. The van der Waals surface area contributed by atoms with Gasteiger partial charge in [-0.2, -0.15) is 4.31 Å². The number of carbonyl (C=O) groups is 1. The molecule has 0 bridgehead atoms. The van der Waals surface area contributed by atoms with Crippen LogP contribution in [0.3, 0.4) is 0 Å². The van der Waals surface area contributed by atoms with Gasteiger partial charge in [-0.05, 0) is 49.6 Å². The fourth-order valence-corrected chi connectivity index (χ4v) is 7.44. The molecule has 0 spiro atoms. The maximum Gasteiger partial charge on any atom is 0.245 e. The summed E-state index contributed by atoms with van der Waals surface area (Å²) in [5.41, 5.74) is 8.69. The van der Waals surface area contributed by atoms with E-state index in [0.29, 0.717) is 35.2 Å². The van der Waals surface area contributed by atoms with Crippen molar-refractivity contribution in [3.05, 3.63) is 99.2 Å². The maximum absolute atomic E-state index is 13.8. The summed E-state index contributed by atoms with van der Waals surface area (Å²) in [7, 11) is -4.15. The fourth-order valence-electron chi connectivity index (χ4n) is 4.92. The van der Waals surface area contributed by atoms with Gasteiger partial charge in [0.1, 0.15) is 34.6 Å². The smallest absolute Gasteiger partial charge is 0.245 e. The molecule has 1 atom stereocenters. The highest BCUT2D eigenvalue weighted by molar-refractivity contribution is 7.89. The second-order valence-corrected chi connectivity index (χ2v) is 12.7. The van der Waals surface area contributed by atoms with E-state index in [-0.39, 0.29) is 65.3 Å². The first-order valence-electron chi connectivity index (χ1n) is 13.2. The number of sulfonamides is 1. The molecule has 9 nitrogen and oxygen atoms in total. The molecule has 14 heteroatoms. The van der Waals surface area contributed by atoms with E-state index in [1.807, 2.05) is 31.2 Å². The Morgan fingerprint density at radius 2 is 1.82 bits per heavy atom. The Kier molecular flexibility index (Phi) is 11.9. The number of aryl methyl sites for hydroxylation is 1. The van der Waals surface area contributed by atoms with Crippen molar-refractivity contribution in [2.75, 3.05) is 6.54 Å². The van der Waals surface area contributed by atoms with E-state index >= 15 is 0 Å². The van der Waals surface area contributed by atoms with Gasteiger partial charge < -0.3 is 15.8 Å². The molecule has 1 fully saturated rings. The second-order valence-electron chi connectivity index (χ2n) is 10.0. The molecule has 1 amide bonds. The normalized spacial score (nSPS) is 14.8. The highest BCUT2D eigenvalue weighted by Crippen LogP contribution is 2.36. The predicted molar refractivity (Wildman–Crippen MR) is 178 cm³/mol. The zero-order valence-electron chi connectivity index (χ0n) is 23.5. The van der Waals surface area contributed by atoms with Crippen LogP contribution < -0.4 is 15.8 Å². The van der Waals surface area contributed by atoms with Crippen LogP contribution in [0.1, 0.15) is 35.2 Å². The molecule has 1 aliphatic rings. The Morgan fingerprint density at radius 3 is 2.52 bits per heavy atom. The fraction of sp³-hybridized carbons (Fsp3) is 0.233. The highest BCUT2D eigenvalue weighted by Gasteiger charge is 2.40. The molecule has 1 aliphatic heterocycles. The lowest BCUT2D eigenvalue weighted by Gasteiger charge is -2.24. The maximum atomic E-state index is 13.8. The Morgan fingerprint density at radius 1 is 1.09 bits per heavy atom. The molecule has 0 unspecified atom stereocenters. The van der Waals surface area contributed by atoms with E-state index in [4.69, 9.17) is 39.1 Å². The van der Waals surface area contributed by atoms with Crippen molar-refractivity contribution in [2.45, 2.75) is 43.9 Å². The van der Waals surface area contributed by atoms with Crippen LogP contribution >= 0.6 is 48.0 Å². The molecular formula is C30H31Cl4N5O4S. The quantitative estimate of drug-likeness (QED) is 0.144. The van der Waals surface area contributed by atoms with Gasteiger partial charge in [-0.3, -0.25) is 10.2 Å². The number of aromatic nitrogens is 1. The number of hydrogen-bond acceptors (Lipinski definition) is 6. The average Bonchev–Trinajstić information content (AvgIpc) is 3.47. The molecule has 0 radical (unpaired) electrons. The number of pyridine rings is 1. The number of amidine groups is 1. The van der Waals surface area contributed by atoms with E-state index < -0.39 is 22.0 Å². The molecule has 4 N–H and O–H groups in total. The zero-order chi connectivity index (χ0) is 30.0. The summed E-state index contributed by atoms with van der Waals surface area (Å²) in [6.07, 6.45) is 0.905. The number of carbonyl (C=O) groups excluding carboxylic acids is 1. The standard InChI is InChI=1S/C30H29Cl2N5O4S.2ClH/c1-18-7-10-20-4-2-6-25(28(20)36-18)41-17-22-23(31)13-14-26(27(22)32)42(39,40)37-15-3-5-24(37)30(38)35-16-19-8-11-21(12-9-19)29(33)34;;/h2,4,6-14,24H,3,5,15-17H2,1H3,(H3,33,34)(H,35,38);2*1H/t24-;;/m0../s1. The lowest BCUT2D eigenvalue weighted by molar-refractivity contribution is -0.124. The van der Waals surface area contributed by atoms with Gasteiger partial charge in [0.15, 0.2) is 0 Å². The molecule has 3 aromatic carbocycles.